The van der Waals surface area contributed by atoms with E-state index in [0.717, 1.165) is 44.1 Å². The summed E-state index contributed by atoms with van der Waals surface area (Å²) in [5, 5.41) is 5.73. The Bertz CT molecular complexity index is 1510. The maximum Gasteiger partial charge on any atom is 0.124 e. The van der Waals surface area contributed by atoms with E-state index in [-0.39, 0.29) is 20.1 Å². The Balaban J connectivity index is 0.000000145. The number of pyridine rings is 3. The van der Waals surface area contributed by atoms with Crippen molar-refractivity contribution in [3.05, 3.63) is 104 Å². The molecule has 32 heavy (non-hydrogen) atoms. The summed E-state index contributed by atoms with van der Waals surface area (Å²) in [5.74, 6) is 0. The average molecular weight is 590 g/mol. The summed E-state index contributed by atoms with van der Waals surface area (Å²) >= 11 is 0. The molecule has 7 rings (SSSR count). The molecule has 4 nitrogen and oxygen atoms in total. The largest absolute Gasteiger partial charge is 0.476 e. The SMILES string of the molecule is [Ir].[c-]1ccc2oc3cccc4c5cccnc5c1c2c34.[c-]1ccncc1-c1ccccn1. The number of hydrogen-bond donors (Lipinski definition) is 0. The molecule has 1 radical (unpaired) electrons. The standard InChI is InChI=1S/C17H8NO.C10H7N2.Ir/c1-4-10-11-6-3-9-18-17(11)12-5-2-8-14-16(12)15(10)13(7-1)19-14;1-2-7-12-10(5-1)9-4-3-6-11-8-9;/h1-4,6-9H;1-3,5-8H;/q2*-1;. The molecule has 0 N–H and O–H groups in total. The van der Waals surface area contributed by atoms with E-state index in [1.54, 1.807) is 24.7 Å². The van der Waals surface area contributed by atoms with Crippen LogP contribution in [0.5, 0.6) is 0 Å². The molecule has 0 bridgehead atoms. The smallest absolute Gasteiger partial charge is 0.124 e. The first-order chi connectivity index (χ1) is 15.4. The van der Waals surface area contributed by atoms with Gasteiger partial charge in [0.2, 0.25) is 0 Å². The second kappa shape index (κ2) is 8.46. The molecule has 4 heterocycles. The summed E-state index contributed by atoms with van der Waals surface area (Å²) in [6, 6.07) is 28.1. The molecule has 155 valence electrons. The molecule has 0 spiro atoms. The number of fused-ring (bicyclic) bond motifs is 3. The van der Waals surface area contributed by atoms with E-state index in [9.17, 15) is 0 Å². The van der Waals surface area contributed by atoms with Gasteiger partial charge in [0, 0.05) is 32.5 Å². The minimum atomic E-state index is 0. The molecule has 0 unspecified atom stereocenters. The van der Waals surface area contributed by atoms with Crippen molar-refractivity contribution in [2.24, 2.45) is 0 Å². The van der Waals surface area contributed by atoms with Gasteiger partial charge in [0.15, 0.2) is 0 Å². The minimum Gasteiger partial charge on any atom is -0.476 e. The summed E-state index contributed by atoms with van der Waals surface area (Å²) in [6.45, 7) is 0. The number of benzene rings is 3. The zero-order valence-electron chi connectivity index (χ0n) is 16.7. The molecule has 0 aliphatic carbocycles. The summed E-state index contributed by atoms with van der Waals surface area (Å²) in [7, 11) is 0. The fourth-order valence-corrected chi connectivity index (χ4v) is 4.03. The molecule has 7 aromatic rings. The van der Waals surface area contributed by atoms with Gasteiger partial charge in [0.1, 0.15) is 5.58 Å². The maximum atomic E-state index is 5.94. The van der Waals surface area contributed by atoms with Gasteiger partial charge in [0.25, 0.3) is 0 Å². The van der Waals surface area contributed by atoms with Crippen LogP contribution in [0.2, 0.25) is 0 Å². The van der Waals surface area contributed by atoms with Crippen LogP contribution in [0.4, 0.5) is 0 Å². The van der Waals surface area contributed by atoms with Gasteiger partial charge < -0.3 is 19.4 Å². The monoisotopic (exact) mass is 590 g/mol. The van der Waals surface area contributed by atoms with Gasteiger partial charge in [-0.3, -0.25) is 0 Å². The van der Waals surface area contributed by atoms with Gasteiger partial charge in [-0.05, 0) is 45.6 Å². The molecule has 4 aromatic heterocycles. The van der Waals surface area contributed by atoms with Crippen molar-refractivity contribution in [3.63, 3.8) is 0 Å². The van der Waals surface area contributed by atoms with Crippen molar-refractivity contribution in [2.45, 2.75) is 0 Å². The normalized spacial score (nSPS) is 10.9. The first-order valence-corrected chi connectivity index (χ1v) is 9.95. The Hall–Kier alpha value is -3.66. The maximum absolute atomic E-state index is 5.94. The third-order valence-corrected chi connectivity index (χ3v) is 5.33. The van der Waals surface area contributed by atoms with E-state index >= 15 is 0 Å². The quantitative estimate of drug-likeness (QED) is 0.163. The molecule has 0 aliphatic rings. The Morgan fingerprint density at radius 1 is 0.688 bits per heavy atom. The Labute approximate surface area is 197 Å². The average Bonchev–Trinajstić information content (AvgIpc) is 3.25. The van der Waals surface area contributed by atoms with Gasteiger partial charge in [0.05, 0.1) is 5.58 Å². The summed E-state index contributed by atoms with van der Waals surface area (Å²) in [5.41, 5.74) is 4.67. The van der Waals surface area contributed by atoms with E-state index in [1.165, 1.54) is 10.8 Å². The van der Waals surface area contributed by atoms with Crippen LogP contribution in [0.3, 0.4) is 0 Å². The first kappa shape index (κ1) is 20.3. The molecule has 5 heteroatoms. The van der Waals surface area contributed by atoms with Crippen molar-refractivity contribution in [2.75, 3.05) is 0 Å². The van der Waals surface area contributed by atoms with Crippen LogP contribution < -0.4 is 0 Å². The van der Waals surface area contributed by atoms with Gasteiger partial charge >= 0.3 is 0 Å². The Morgan fingerprint density at radius 3 is 2.41 bits per heavy atom. The molecule has 0 amide bonds. The second-order valence-corrected chi connectivity index (χ2v) is 7.14. The fraction of sp³-hybridized carbons (Fsp3) is 0. The summed E-state index contributed by atoms with van der Waals surface area (Å²) in [4.78, 5) is 12.7. The Kier molecular flexibility index (Phi) is 5.36. The predicted octanol–water partition coefficient (Wildman–Crippen LogP) is 6.47. The topological polar surface area (TPSA) is 51.8 Å². The van der Waals surface area contributed by atoms with Crippen LogP contribution in [-0.4, -0.2) is 15.0 Å². The summed E-state index contributed by atoms with van der Waals surface area (Å²) < 4.78 is 5.94. The molecule has 0 saturated heterocycles. The van der Waals surface area contributed by atoms with Crippen LogP contribution >= 0.6 is 0 Å². The number of nitrogens with zero attached hydrogens (tertiary/aromatic N) is 3. The van der Waals surface area contributed by atoms with Crippen molar-refractivity contribution < 1.29 is 24.5 Å². The molecular weight excluding hydrogens is 575 g/mol. The van der Waals surface area contributed by atoms with E-state index in [1.807, 2.05) is 54.7 Å². The van der Waals surface area contributed by atoms with Crippen LogP contribution in [-0.2, 0) is 20.1 Å². The second-order valence-electron chi connectivity index (χ2n) is 7.14. The first-order valence-electron chi connectivity index (χ1n) is 9.95. The zero-order valence-corrected chi connectivity index (χ0v) is 19.1. The molecule has 3 aromatic carbocycles. The molecule has 0 saturated carbocycles. The number of aromatic nitrogens is 3. The third kappa shape index (κ3) is 3.32. The van der Waals surface area contributed by atoms with Gasteiger partial charge in [-0.1, -0.05) is 54.2 Å². The van der Waals surface area contributed by atoms with Crippen LogP contribution in [0.1, 0.15) is 0 Å². The van der Waals surface area contributed by atoms with E-state index < -0.39 is 0 Å². The molecule has 0 aliphatic heterocycles. The Morgan fingerprint density at radius 2 is 1.56 bits per heavy atom. The number of furan rings is 1. The van der Waals surface area contributed by atoms with E-state index in [2.05, 4.69) is 39.2 Å². The summed E-state index contributed by atoms with van der Waals surface area (Å²) in [6.07, 6.45) is 7.04. The van der Waals surface area contributed by atoms with Gasteiger partial charge in [-0.15, -0.1) is 35.2 Å². The van der Waals surface area contributed by atoms with Crippen molar-refractivity contribution in [3.8, 4) is 11.3 Å². The van der Waals surface area contributed by atoms with Gasteiger partial charge in [-0.25, -0.2) is 0 Å². The minimum absolute atomic E-state index is 0. The van der Waals surface area contributed by atoms with E-state index in [0.29, 0.717) is 0 Å². The van der Waals surface area contributed by atoms with Crippen LogP contribution in [0.15, 0.2) is 95.9 Å². The fourth-order valence-electron chi connectivity index (χ4n) is 4.03. The molecule has 0 atom stereocenters. The van der Waals surface area contributed by atoms with Crippen molar-refractivity contribution in [1.82, 2.24) is 15.0 Å². The number of hydrogen-bond acceptors (Lipinski definition) is 4. The van der Waals surface area contributed by atoms with Crippen molar-refractivity contribution >= 4 is 43.6 Å². The zero-order chi connectivity index (χ0) is 20.6. The van der Waals surface area contributed by atoms with Gasteiger partial charge in [-0.2, -0.15) is 0 Å². The van der Waals surface area contributed by atoms with Crippen LogP contribution in [0.25, 0.3) is 54.9 Å². The van der Waals surface area contributed by atoms with Crippen molar-refractivity contribution in [1.29, 1.82) is 0 Å². The third-order valence-electron chi connectivity index (χ3n) is 5.33. The van der Waals surface area contributed by atoms with Crippen LogP contribution in [0, 0.1) is 12.1 Å². The molecule has 0 fully saturated rings. The predicted molar refractivity (Wildman–Crippen MR) is 123 cm³/mol. The molecular formula is C27H15IrN3O-2. The van der Waals surface area contributed by atoms with E-state index in [4.69, 9.17) is 4.42 Å². The number of rotatable bonds is 1.